The van der Waals surface area contributed by atoms with Crippen LogP contribution in [0.5, 0.6) is 0 Å². The number of hydrogen-bond donors (Lipinski definition) is 0. The first kappa shape index (κ1) is 11.3. The molecule has 1 aliphatic carbocycles. The molecular weight excluding hydrogens is 203 g/mol. The van der Waals surface area contributed by atoms with Gasteiger partial charge in [0, 0.05) is 12.8 Å². The predicted molar refractivity (Wildman–Crippen MR) is 61.7 cm³/mol. The molecule has 0 radical (unpaired) electrons. The van der Waals surface area contributed by atoms with E-state index in [2.05, 4.69) is 0 Å². The van der Waals surface area contributed by atoms with Crippen LogP contribution in [0.2, 0.25) is 0 Å². The molecule has 1 saturated carbocycles. The lowest BCUT2D eigenvalue weighted by molar-refractivity contribution is -0.119. The van der Waals surface area contributed by atoms with Crippen molar-refractivity contribution >= 4 is 5.78 Å². The second kappa shape index (κ2) is 5.24. The fraction of sp³-hybridized carbons (Fsp3) is 0.500. The lowest BCUT2D eigenvalue weighted by Gasteiger charge is -2.07. The molecule has 0 saturated heterocycles. The maximum Gasteiger partial charge on any atom is 0.137 e. The van der Waals surface area contributed by atoms with E-state index in [-0.39, 0.29) is 18.0 Å². The van der Waals surface area contributed by atoms with Crippen LogP contribution in [0.4, 0.5) is 4.39 Å². The van der Waals surface area contributed by atoms with Gasteiger partial charge in [-0.2, -0.15) is 0 Å². The Balaban J connectivity index is 1.89. The molecule has 2 rings (SSSR count). The Morgan fingerprint density at radius 1 is 1.25 bits per heavy atom. The fourth-order valence-electron chi connectivity index (χ4n) is 2.46. The third-order valence-corrected chi connectivity index (χ3v) is 3.34. The van der Waals surface area contributed by atoms with Crippen molar-refractivity contribution in [2.75, 3.05) is 0 Å². The number of rotatable bonds is 4. The summed E-state index contributed by atoms with van der Waals surface area (Å²) < 4.78 is 13.3. The van der Waals surface area contributed by atoms with Gasteiger partial charge in [0.05, 0.1) is 0 Å². The highest BCUT2D eigenvalue weighted by Gasteiger charge is 2.18. The summed E-state index contributed by atoms with van der Waals surface area (Å²) in [6.07, 6.45) is 5.72. The van der Waals surface area contributed by atoms with Crippen molar-refractivity contribution in [2.45, 2.75) is 38.5 Å². The average molecular weight is 220 g/mol. The Bertz CT molecular complexity index is 367. The van der Waals surface area contributed by atoms with Gasteiger partial charge in [0.25, 0.3) is 0 Å². The van der Waals surface area contributed by atoms with Gasteiger partial charge < -0.3 is 0 Å². The summed E-state index contributed by atoms with van der Waals surface area (Å²) >= 11 is 0. The number of carbonyl (C=O) groups excluding carboxylic acids is 1. The van der Waals surface area contributed by atoms with Crippen LogP contribution in [-0.2, 0) is 11.2 Å². The fourth-order valence-corrected chi connectivity index (χ4v) is 2.46. The first-order valence-electron chi connectivity index (χ1n) is 6.01. The first-order chi connectivity index (χ1) is 7.75. The van der Waals surface area contributed by atoms with E-state index in [1.807, 2.05) is 0 Å². The third-order valence-electron chi connectivity index (χ3n) is 3.34. The van der Waals surface area contributed by atoms with Crippen LogP contribution in [0, 0.1) is 11.7 Å². The maximum atomic E-state index is 13.3. The van der Waals surface area contributed by atoms with E-state index < -0.39 is 0 Å². The quantitative estimate of drug-likeness (QED) is 0.758. The van der Waals surface area contributed by atoms with Gasteiger partial charge in [-0.3, -0.25) is 4.79 Å². The second-order valence-corrected chi connectivity index (χ2v) is 4.66. The zero-order valence-electron chi connectivity index (χ0n) is 9.42. The smallest absolute Gasteiger partial charge is 0.137 e. The van der Waals surface area contributed by atoms with E-state index in [9.17, 15) is 9.18 Å². The van der Waals surface area contributed by atoms with Crippen molar-refractivity contribution in [1.29, 1.82) is 0 Å². The SMILES string of the molecule is O=C(Cc1ccccc1F)CC1CCCC1. The molecule has 1 aromatic rings. The highest BCUT2D eigenvalue weighted by molar-refractivity contribution is 5.81. The minimum absolute atomic E-state index is 0.178. The molecule has 1 nitrogen and oxygen atoms in total. The molecule has 0 N–H and O–H groups in total. The lowest BCUT2D eigenvalue weighted by atomic mass is 9.97. The molecule has 0 unspecified atom stereocenters. The Morgan fingerprint density at radius 3 is 2.62 bits per heavy atom. The summed E-state index contributed by atoms with van der Waals surface area (Å²) in [5.74, 6) is 0.471. The summed E-state index contributed by atoms with van der Waals surface area (Å²) in [5.41, 5.74) is 0.533. The molecule has 0 heterocycles. The molecule has 0 amide bonds. The molecular formula is C14H17FO. The van der Waals surface area contributed by atoms with E-state index in [4.69, 9.17) is 0 Å². The van der Waals surface area contributed by atoms with Gasteiger partial charge in [-0.15, -0.1) is 0 Å². The van der Waals surface area contributed by atoms with E-state index in [0.717, 1.165) is 0 Å². The first-order valence-corrected chi connectivity index (χ1v) is 6.01. The van der Waals surface area contributed by atoms with Crippen molar-refractivity contribution in [3.8, 4) is 0 Å². The van der Waals surface area contributed by atoms with Crippen molar-refractivity contribution in [3.05, 3.63) is 35.6 Å². The Kier molecular flexibility index (Phi) is 3.70. The number of carbonyl (C=O) groups is 1. The van der Waals surface area contributed by atoms with Gasteiger partial charge in [0.2, 0.25) is 0 Å². The van der Waals surface area contributed by atoms with Crippen LogP contribution in [-0.4, -0.2) is 5.78 Å². The molecule has 0 spiro atoms. The summed E-state index contributed by atoms with van der Waals surface area (Å²) in [6.45, 7) is 0. The molecule has 1 aromatic carbocycles. The lowest BCUT2D eigenvalue weighted by Crippen LogP contribution is -2.09. The van der Waals surface area contributed by atoms with Crippen LogP contribution in [0.3, 0.4) is 0 Å². The number of ketones is 1. The van der Waals surface area contributed by atoms with Crippen molar-refractivity contribution in [2.24, 2.45) is 5.92 Å². The van der Waals surface area contributed by atoms with E-state index in [0.29, 0.717) is 17.9 Å². The number of hydrogen-bond acceptors (Lipinski definition) is 1. The van der Waals surface area contributed by atoms with Crippen molar-refractivity contribution < 1.29 is 9.18 Å². The number of Topliss-reactive ketones (excluding diaryl/α,β-unsaturated/α-hetero) is 1. The van der Waals surface area contributed by atoms with Gasteiger partial charge >= 0.3 is 0 Å². The summed E-state index contributed by atoms with van der Waals surface area (Å²) in [4.78, 5) is 11.8. The van der Waals surface area contributed by atoms with E-state index in [1.54, 1.807) is 18.2 Å². The van der Waals surface area contributed by atoms with E-state index in [1.165, 1.54) is 31.7 Å². The van der Waals surface area contributed by atoms with Gasteiger partial charge in [0.15, 0.2) is 0 Å². The molecule has 0 aromatic heterocycles. The maximum absolute atomic E-state index is 13.3. The van der Waals surface area contributed by atoms with Crippen LogP contribution in [0.15, 0.2) is 24.3 Å². The van der Waals surface area contributed by atoms with Gasteiger partial charge in [-0.25, -0.2) is 4.39 Å². The Hall–Kier alpha value is -1.18. The van der Waals surface area contributed by atoms with Crippen LogP contribution in [0.1, 0.15) is 37.7 Å². The molecule has 1 fully saturated rings. The molecule has 0 atom stereocenters. The van der Waals surface area contributed by atoms with Crippen molar-refractivity contribution in [1.82, 2.24) is 0 Å². The minimum atomic E-state index is -0.262. The van der Waals surface area contributed by atoms with Gasteiger partial charge in [0.1, 0.15) is 11.6 Å². The molecule has 0 aliphatic heterocycles. The number of halogens is 1. The molecule has 86 valence electrons. The second-order valence-electron chi connectivity index (χ2n) is 4.66. The molecule has 1 aliphatic rings. The minimum Gasteiger partial charge on any atom is -0.299 e. The van der Waals surface area contributed by atoms with Crippen LogP contribution >= 0.6 is 0 Å². The van der Waals surface area contributed by atoms with Crippen molar-refractivity contribution in [3.63, 3.8) is 0 Å². The number of benzene rings is 1. The van der Waals surface area contributed by atoms with Crippen LogP contribution < -0.4 is 0 Å². The van der Waals surface area contributed by atoms with Gasteiger partial charge in [-0.05, 0) is 17.5 Å². The zero-order chi connectivity index (χ0) is 11.4. The highest BCUT2D eigenvalue weighted by atomic mass is 19.1. The Labute approximate surface area is 95.7 Å². The van der Waals surface area contributed by atoms with Crippen LogP contribution in [0.25, 0.3) is 0 Å². The standard InChI is InChI=1S/C14H17FO/c15-14-8-4-3-7-12(14)10-13(16)9-11-5-1-2-6-11/h3-4,7-8,11H,1-2,5-6,9-10H2. The zero-order valence-corrected chi connectivity index (χ0v) is 9.42. The molecule has 16 heavy (non-hydrogen) atoms. The van der Waals surface area contributed by atoms with E-state index >= 15 is 0 Å². The normalized spacial score (nSPS) is 16.6. The monoisotopic (exact) mass is 220 g/mol. The molecule has 2 heteroatoms. The summed E-state index contributed by atoms with van der Waals surface area (Å²) in [6, 6.07) is 6.54. The Morgan fingerprint density at radius 2 is 1.94 bits per heavy atom. The third kappa shape index (κ3) is 2.91. The summed E-state index contributed by atoms with van der Waals surface area (Å²) in [5, 5.41) is 0. The summed E-state index contributed by atoms with van der Waals surface area (Å²) in [7, 11) is 0. The predicted octanol–water partition coefficient (Wildman–Crippen LogP) is 3.52. The largest absolute Gasteiger partial charge is 0.299 e. The molecule has 0 bridgehead atoms. The topological polar surface area (TPSA) is 17.1 Å². The van der Waals surface area contributed by atoms with Gasteiger partial charge in [-0.1, -0.05) is 43.9 Å². The highest BCUT2D eigenvalue weighted by Crippen LogP contribution is 2.28. The average Bonchev–Trinajstić information content (AvgIpc) is 2.74.